The van der Waals surface area contributed by atoms with Crippen molar-refractivity contribution in [2.24, 2.45) is 7.05 Å². The lowest BCUT2D eigenvalue weighted by Gasteiger charge is -2.12. The number of ketones is 1. The summed E-state index contributed by atoms with van der Waals surface area (Å²) in [6.07, 6.45) is 3.69. The van der Waals surface area contributed by atoms with Crippen LogP contribution in [0.2, 0.25) is 5.02 Å². The molecule has 2 aromatic heterocycles. The highest BCUT2D eigenvalue weighted by molar-refractivity contribution is 7.99. The zero-order chi connectivity index (χ0) is 20.4. The predicted molar refractivity (Wildman–Crippen MR) is 117 cm³/mol. The van der Waals surface area contributed by atoms with Gasteiger partial charge >= 0.3 is 0 Å². The highest BCUT2D eigenvalue weighted by atomic mass is 35.5. The molecule has 0 spiro atoms. The SMILES string of the molecule is CC(Sc1nncn1C)c1cccc(CC(=O)c2cc3ccc(Cl)cc3cn2)c1. The van der Waals surface area contributed by atoms with Gasteiger partial charge in [0.2, 0.25) is 0 Å². The zero-order valence-electron chi connectivity index (χ0n) is 16.0. The van der Waals surface area contributed by atoms with E-state index in [4.69, 9.17) is 11.6 Å². The van der Waals surface area contributed by atoms with E-state index < -0.39 is 0 Å². The summed E-state index contributed by atoms with van der Waals surface area (Å²) in [4.78, 5) is 17.1. The number of aryl methyl sites for hydroxylation is 1. The second-order valence-corrected chi connectivity index (χ2v) is 8.63. The van der Waals surface area contributed by atoms with Crippen LogP contribution in [0.1, 0.15) is 33.8 Å². The standard InChI is InChI=1S/C22H19ClN4OS/c1-14(29-22-26-25-13-27(22)2)16-5-3-4-15(8-16)9-21(28)20-11-17-6-7-19(23)10-18(17)12-24-20/h3-8,10-14H,9H2,1-2H3. The number of aromatic nitrogens is 4. The van der Waals surface area contributed by atoms with Crippen molar-refractivity contribution in [3.8, 4) is 0 Å². The van der Waals surface area contributed by atoms with Crippen molar-refractivity contribution < 1.29 is 4.79 Å². The third-order valence-electron chi connectivity index (χ3n) is 4.71. The molecular weight excluding hydrogens is 404 g/mol. The molecule has 1 atom stereocenters. The van der Waals surface area contributed by atoms with Crippen LogP contribution in [0.3, 0.4) is 0 Å². The second kappa shape index (κ2) is 8.35. The Morgan fingerprint density at radius 1 is 1.17 bits per heavy atom. The summed E-state index contributed by atoms with van der Waals surface area (Å²) in [5.74, 6) is -0.00685. The number of fused-ring (bicyclic) bond motifs is 1. The fourth-order valence-electron chi connectivity index (χ4n) is 3.10. The molecule has 0 N–H and O–H groups in total. The third kappa shape index (κ3) is 4.49. The molecule has 4 rings (SSSR count). The zero-order valence-corrected chi connectivity index (χ0v) is 17.6. The molecule has 0 amide bonds. The maximum atomic E-state index is 12.8. The maximum absolute atomic E-state index is 12.8. The van der Waals surface area contributed by atoms with E-state index in [2.05, 4.69) is 34.2 Å². The Kier molecular flexibility index (Phi) is 5.65. The number of Topliss-reactive ketones (excluding diaryl/α,β-unsaturated/α-hetero) is 1. The van der Waals surface area contributed by atoms with Crippen molar-refractivity contribution in [3.05, 3.63) is 82.9 Å². The average Bonchev–Trinajstić information content (AvgIpc) is 3.12. The summed E-state index contributed by atoms with van der Waals surface area (Å²) in [6.45, 7) is 2.12. The van der Waals surface area contributed by atoms with Crippen LogP contribution in [-0.4, -0.2) is 25.5 Å². The predicted octanol–water partition coefficient (Wildman–Crippen LogP) is 5.30. The topological polar surface area (TPSA) is 60.7 Å². The fourth-order valence-corrected chi connectivity index (χ4v) is 4.19. The van der Waals surface area contributed by atoms with Gasteiger partial charge in [-0.1, -0.05) is 53.7 Å². The van der Waals surface area contributed by atoms with Gasteiger partial charge in [0.25, 0.3) is 0 Å². The molecule has 0 aliphatic rings. The smallest absolute Gasteiger partial charge is 0.191 e. The van der Waals surface area contributed by atoms with Gasteiger partial charge in [0.15, 0.2) is 10.9 Å². The largest absolute Gasteiger partial charge is 0.312 e. The minimum absolute atomic E-state index is 0.00685. The number of hydrogen-bond donors (Lipinski definition) is 0. The van der Waals surface area contributed by atoms with Crippen LogP contribution in [0.4, 0.5) is 0 Å². The molecule has 1 unspecified atom stereocenters. The van der Waals surface area contributed by atoms with Gasteiger partial charge in [-0.3, -0.25) is 9.78 Å². The van der Waals surface area contributed by atoms with Gasteiger partial charge in [0, 0.05) is 35.3 Å². The number of rotatable bonds is 6. The molecule has 0 saturated carbocycles. The van der Waals surface area contributed by atoms with Gasteiger partial charge in [0.05, 0.1) is 0 Å². The number of benzene rings is 2. The van der Waals surface area contributed by atoms with Crippen LogP contribution in [0.15, 0.2) is 66.2 Å². The number of carbonyl (C=O) groups is 1. The Hall–Kier alpha value is -2.70. The van der Waals surface area contributed by atoms with Crippen molar-refractivity contribution in [1.82, 2.24) is 19.7 Å². The minimum atomic E-state index is -0.00685. The first-order valence-corrected chi connectivity index (χ1v) is 10.4. The van der Waals surface area contributed by atoms with E-state index in [1.165, 1.54) is 0 Å². The third-order valence-corrected chi connectivity index (χ3v) is 6.15. The Bertz CT molecular complexity index is 1190. The first-order chi connectivity index (χ1) is 14.0. The molecule has 0 saturated heterocycles. The number of nitrogens with zero attached hydrogens (tertiary/aromatic N) is 4. The first kappa shape index (κ1) is 19.6. The van der Waals surface area contributed by atoms with Crippen LogP contribution >= 0.6 is 23.4 Å². The fraction of sp³-hybridized carbons (Fsp3) is 0.182. The average molecular weight is 423 g/mol. The molecule has 2 aromatic carbocycles. The number of halogens is 1. The molecule has 5 nitrogen and oxygen atoms in total. The van der Waals surface area contributed by atoms with Crippen molar-refractivity contribution in [3.63, 3.8) is 0 Å². The van der Waals surface area contributed by atoms with Crippen molar-refractivity contribution in [2.45, 2.75) is 23.8 Å². The quantitative estimate of drug-likeness (QED) is 0.312. The summed E-state index contributed by atoms with van der Waals surface area (Å²) in [6, 6.07) is 15.5. The number of carbonyl (C=O) groups excluding carboxylic acids is 1. The van der Waals surface area contributed by atoms with Crippen molar-refractivity contribution in [1.29, 1.82) is 0 Å². The Morgan fingerprint density at radius 2 is 2.03 bits per heavy atom. The number of thioether (sulfide) groups is 1. The van der Waals surface area contributed by atoms with E-state index in [0.29, 0.717) is 17.1 Å². The summed E-state index contributed by atoms with van der Waals surface area (Å²) in [5, 5.41) is 11.6. The molecule has 0 bridgehead atoms. The normalized spacial score (nSPS) is 12.2. The summed E-state index contributed by atoms with van der Waals surface area (Å²) in [7, 11) is 1.93. The second-order valence-electron chi connectivity index (χ2n) is 6.89. The van der Waals surface area contributed by atoms with Crippen molar-refractivity contribution >= 4 is 39.9 Å². The van der Waals surface area contributed by atoms with Crippen LogP contribution in [-0.2, 0) is 13.5 Å². The molecule has 2 heterocycles. The van der Waals surface area contributed by atoms with E-state index in [1.54, 1.807) is 24.3 Å². The number of hydrogen-bond acceptors (Lipinski definition) is 5. The van der Waals surface area contributed by atoms with Crippen LogP contribution in [0, 0.1) is 0 Å². The van der Waals surface area contributed by atoms with E-state index in [9.17, 15) is 4.79 Å². The van der Waals surface area contributed by atoms with Gasteiger partial charge in [-0.05, 0) is 41.6 Å². The molecular formula is C22H19ClN4OS. The van der Waals surface area contributed by atoms with Gasteiger partial charge in [-0.2, -0.15) is 0 Å². The summed E-state index contributed by atoms with van der Waals surface area (Å²) in [5.41, 5.74) is 2.58. The molecule has 7 heteroatoms. The Labute approximate surface area is 178 Å². The van der Waals surface area contributed by atoms with Crippen LogP contribution in [0.25, 0.3) is 10.8 Å². The van der Waals surface area contributed by atoms with Gasteiger partial charge in [0.1, 0.15) is 12.0 Å². The molecule has 0 fully saturated rings. The molecule has 4 aromatic rings. The lowest BCUT2D eigenvalue weighted by molar-refractivity contribution is 0.0988. The Morgan fingerprint density at radius 3 is 2.83 bits per heavy atom. The summed E-state index contributed by atoms with van der Waals surface area (Å²) >= 11 is 7.65. The number of pyridine rings is 1. The van der Waals surface area contributed by atoms with E-state index in [0.717, 1.165) is 27.1 Å². The Balaban J connectivity index is 1.50. The first-order valence-electron chi connectivity index (χ1n) is 9.17. The molecule has 146 valence electrons. The van der Waals surface area contributed by atoms with Crippen LogP contribution in [0.5, 0.6) is 0 Å². The van der Waals surface area contributed by atoms with E-state index >= 15 is 0 Å². The summed E-state index contributed by atoms with van der Waals surface area (Å²) < 4.78 is 1.90. The minimum Gasteiger partial charge on any atom is -0.312 e. The molecule has 29 heavy (non-hydrogen) atoms. The van der Waals surface area contributed by atoms with Gasteiger partial charge in [-0.25, -0.2) is 0 Å². The highest BCUT2D eigenvalue weighted by Gasteiger charge is 2.14. The van der Waals surface area contributed by atoms with Gasteiger partial charge < -0.3 is 4.57 Å². The molecule has 0 aliphatic carbocycles. The van der Waals surface area contributed by atoms with Crippen LogP contribution < -0.4 is 0 Å². The molecule has 0 aliphatic heterocycles. The van der Waals surface area contributed by atoms with E-state index in [1.807, 2.05) is 48.0 Å². The highest BCUT2D eigenvalue weighted by Crippen LogP contribution is 2.33. The lowest BCUT2D eigenvalue weighted by atomic mass is 10.0. The lowest BCUT2D eigenvalue weighted by Crippen LogP contribution is -2.06. The van der Waals surface area contributed by atoms with Gasteiger partial charge in [-0.15, -0.1) is 10.2 Å². The molecule has 0 radical (unpaired) electrons. The van der Waals surface area contributed by atoms with Crippen molar-refractivity contribution in [2.75, 3.05) is 0 Å². The monoisotopic (exact) mass is 422 g/mol. The van der Waals surface area contributed by atoms with E-state index in [-0.39, 0.29) is 11.0 Å². The maximum Gasteiger partial charge on any atom is 0.191 e.